The highest BCUT2D eigenvalue weighted by Crippen LogP contribution is 2.27. The molecule has 2 bridgehead atoms. The molecule has 4 heteroatoms. The highest BCUT2D eigenvalue weighted by molar-refractivity contribution is 5.82. The number of amides is 1. The highest BCUT2D eigenvalue weighted by Gasteiger charge is 2.35. The summed E-state index contributed by atoms with van der Waals surface area (Å²) < 4.78 is 0. The zero-order chi connectivity index (χ0) is 11.7. The molecule has 4 saturated heterocycles. The molecule has 0 radical (unpaired) electrons. The van der Waals surface area contributed by atoms with E-state index in [1.54, 1.807) is 0 Å². The molecule has 4 nitrogen and oxygen atoms in total. The van der Waals surface area contributed by atoms with Crippen molar-refractivity contribution < 1.29 is 4.79 Å². The van der Waals surface area contributed by atoms with Crippen LogP contribution in [0.4, 0.5) is 0 Å². The van der Waals surface area contributed by atoms with Crippen LogP contribution in [0.1, 0.15) is 32.1 Å². The normalized spacial score (nSPS) is 41.2. The summed E-state index contributed by atoms with van der Waals surface area (Å²) in [7, 11) is 0. The van der Waals surface area contributed by atoms with Gasteiger partial charge in [-0.15, -0.1) is 0 Å². The summed E-state index contributed by atoms with van der Waals surface area (Å²) in [6.07, 6.45) is 5.94. The van der Waals surface area contributed by atoms with Gasteiger partial charge in [-0.3, -0.25) is 4.79 Å². The van der Waals surface area contributed by atoms with Gasteiger partial charge in [0.1, 0.15) is 0 Å². The number of hydrogen-bond donors (Lipinski definition) is 2. The lowest BCUT2D eigenvalue weighted by Gasteiger charge is -2.45. The molecule has 2 N–H and O–H groups in total. The van der Waals surface area contributed by atoms with Gasteiger partial charge in [0.2, 0.25) is 5.91 Å². The molecule has 0 saturated carbocycles. The second-order valence-electron chi connectivity index (χ2n) is 5.76. The minimum Gasteiger partial charge on any atom is -0.350 e. The van der Waals surface area contributed by atoms with Gasteiger partial charge in [-0.25, -0.2) is 0 Å². The first-order chi connectivity index (χ1) is 8.33. The lowest BCUT2D eigenvalue weighted by atomic mass is 9.84. The average Bonchev–Trinajstić information content (AvgIpc) is 2.41. The molecule has 0 aromatic rings. The summed E-state index contributed by atoms with van der Waals surface area (Å²) >= 11 is 0. The van der Waals surface area contributed by atoms with Gasteiger partial charge < -0.3 is 15.5 Å². The summed E-state index contributed by atoms with van der Waals surface area (Å²) in [6.45, 7) is 4.54. The number of rotatable bonds is 2. The molecule has 1 unspecified atom stereocenters. The molecule has 4 heterocycles. The third-order valence-corrected chi connectivity index (χ3v) is 4.61. The van der Waals surface area contributed by atoms with Gasteiger partial charge in [0.05, 0.1) is 6.04 Å². The molecular formula is C13H23N3O. The van der Waals surface area contributed by atoms with E-state index in [1.165, 1.54) is 38.8 Å². The average molecular weight is 237 g/mol. The van der Waals surface area contributed by atoms with E-state index in [2.05, 4.69) is 15.5 Å². The Labute approximate surface area is 103 Å². The predicted octanol–water partition coefficient (Wildman–Crippen LogP) is 0.339. The van der Waals surface area contributed by atoms with Crippen LogP contribution in [0.25, 0.3) is 0 Å². The molecular weight excluding hydrogens is 214 g/mol. The van der Waals surface area contributed by atoms with Crippen molar-refractivity contribution in [2.45, 2.75) is 44.2 Å². The molecule has 0 aliphatic carbocycles. The summed E-state index contributed by atoms with van der Waals surface area (Å²) in [6, 6.07) is 0.480. The molecule has 17 heavy (non-hydrogen) atoms. The van der Waals surface area contributed by atoms with Crippen molar-refractivity contribution in [2.24, 2.45) is 5.92 Å². The van der Waals surface area contributed by atoms with Crippen molar-refractivity contribution in [3.05, 3.63) is 0 Å². The van der Waals surface area contributed by atoms with Crippen molar-refractivity contribution in [2.75, 3.05) is 26.2 Å². The molecule has 0 aromatic heterocycles. The maximum atomic E-state index is 12.2. The van der Waals surface area contributed by atoms with Gasteiger partial charge in [0, 0.05) is 12.6 Å². The van der Waals surface area contributed by atoms with Crippen LogP contribution >= 0.6 is 0 Å². The number of carbonyl (C=O) groups excluding carboxylic acids is 1. The van der Waals surface area contributed by atoms with Crippen molar-refractivity contribution in [1.82, 2.24) is 15.5 Å². The van der Waals surface area contributed by atoms with E-state index in [0.29, 0.717) is 6.04 Å². The van der Waals surface area contributed by atoms with E-state index < -0.39 is 0 Å². The van der Waals surface area contributed by atoms with Crippen molar-refractivity contribution in [3.63, 3.8) is 0 Å². The Morgan fingerprint density at radius 2 is 2.00 bits per heavy atom. The van der Waals surface area contributed by atoms with E-state index in [1.807, 2.05) is 0 Å². The molecule has 96 valence electrons. The Morgan fingerprint density at radius 1 is 1.18 bits per heavy atom. The van der Waals surface area contributed by atoms with Crippen LogP contribution < -0.4 is 10.6 Å². The van der Waals surface area contributed by atoms with Crippen molar-refractivity contribution >= 4 is 5.91 Å². The summed E-state index contributed by atoms with van der Waals surface area (Å²) in [5.41, 5.74) is 0. The SMILES string of the molecule is O=C(NC1CN2CCC1CC2)[C@H]1CCCCN1. The Hall–Kier alpha value is -0.610. The standard InChI is InChI=1S/C13H23N3O/c17-13(11-3-1-2-6-14-11)15-12-9-16-7-4-10(12)5-8-16/h10-12,14H,1-9H2,(H,15,17)/t11-,12?/m1/s1. The number of fused-ring (bicyclic) bond motifs is 3. The fourth-order valence-electron chi connectivity index (χ4n) is 3.49. The maximum Gasteiger partial charge on any atom is 0.237 e. The quantitative estimate of drug-likeness (QED) is 0.728. The Balaban J connectivity index is 1.54. The Kier molecular flexibility index (Phi) is 3.34. The third kappa shape index (κ3) is 2.47. The predicted molar refractivity (Wildman–Crippen MR) is 66.7 cm³/mol. The van der Waals surface area contributed by atoms with Gasteiger partial charge in [-0.05, 0) is 51.2 Å². The van der Waals surface area contributed by atoms with Crippen molar-refractivity contribution in [3.8, 4) is 0 Å². The minimum absolute atomic E-state index is 0.0687. The van der Waals surface area contributed by atoms with Crippen LogP contribution in [-0.2, 0) is 4.79 Å². The van der Waals surface area contributed by atoms with E-state index in [-0.39, 0.29) is 11.9 Å². The number of carbonyl (C=O) groups is 1. The van der Waals surface area contributed by atoms with Gasteiger partial charge in [-0.2, -0.15) is 0 Å². The van der Waals surface area contributed by atoms with E-state index in [9.17, 15) is 4.79 Å². The fraction of sp³-hybridized carbons (Fsp3) is 0.923. The highest BCUT2D eigenvalue weighted by atomic mass is 16.2. The van der Waals surface area contributed by atoms with Gasteiger partial charge >= 0.3 is 0 Å². The first-order valence-corrected chi connectivity index (χ1v) is 7.09. The van der Waals surface area contributed by atoms with E-state index >= 15 is 0 Å². The monoisotopic (exact) mass is 237 g/mol. The molecule has 4 rings (SSSR count). The maximum absolute atomic E-state index is 12.2. The fourth-order valence-corrected chi connectivity index (χ4v) is 3.49. The second-order valence-corrected chi connectivity index (χ2v) is 5.76. The van der Waals surface area contributed by atoms with Gasteiger partial charge in [-0.1, -0.05) is 6.42 Å². The van der Waals surface area contributed by atoms with Gasteiger partial charge in [0.15, 0.2) is 0 Å². The van der Waals surface area contributed by atoms with Crippen LogP contribution in [-0.4, -0.2) is 49.1 Å². The summed E-state index contributed by atoms with van der Waals surface area (Å²) in [5.74, 6) is 0.969. The summed E-state index contributed by atoms with van der Waals surface area (Å²) in [5, 5.41) is 6.60. The number of piperidine rings is 4. The number of nitrogens with one attached hydrogen (secondary N) is 2. The first-order valence-electron chi connectivity index (χ1n) is 7.09. The molecule has 1 amide bonds. The zero-order valence-corrected chi connectivity index (χ0v) is 10.5. The molecule has 2 atom stereocenters. The summed E-state index contributed by atoms with van der Waals surface area (Å²) in [4.78, 5) is 14.6. The topological polar surface area (TPSA) is 44.4 Å². The largest absolute Gasteiger partial charge is 0.350 e. The molecule has 4 aliphatic rings. The number of hydrogen-bond acceptors (Lipinski definition) is 3. The Morgan fingerprint density at radius 3 is 2.59 bits per heavy atom. The van der Waals surface area contributed by atoms with E-state index in [0.717, 1.165) is 25.4 Å². The minimum atomic E-state index is 0.0687. The van der Waals surface area contributed by atoms with Crippen LogP contribution in [0.15, 0.2) is 0 Å². The van der Waals surface area contributed by atoms with Crippen LogP contribution in [0, 0.1) is 5.92 Å². The molecule has 0 aromatic carbocycles. The zero-order valence-electron chi connectivity index (χ0n) is 10.5. The molecule has 4 fully saturated rings. The smallest absolute Gasteiger partial charge is 0.237 e. The first kappa shape index (κ1) is 11.5. The molecule has 0 spiro atoms. The van der Waals surface area contributed by atoms with E-state index in [4.69, 9.17) is 0 Å². The second kappa shape index (κ2) is 4.94. The number of nitrogens with zero attached hydrogens (tertiary/aromatic N) is 1. The van der Waals surface area contributed by atoms with Crippen LogP contribution in [0.2, 0.25) is 0 Å². The molecule has 4 aliphatic heterocycles. The Bertz CT molecular complexity index is 280. The lowest BCUT2D eigenvalue weighted by molar-refractivity contribution is -0.125. The van der Waals surface area contributed by atoms with Crippen LogP contribution in [0.3, 0.4) is 0 Å². The van der Waals surface area contributed by atoms with Crippen LogP contribution in [0.5, 0.6) is 0 Å². The lowest BCUT2D eigenvalue weighted by Crippen LogP contribution is -2.60. The van der Waals surface area contributed by atoms with Gasteiger partial charge in [0.25, 0.3) is 0 Å². The van der Waals surface area contributed by atoms with Crippen molar-refractivity contribution in [1.29, 1.82) is 0 Å². The third-order valence-electron chi connectivity index (χ3n) is 4.61.